The van der Waals surface area contributed by atoms with Crippen molar-refractivity contribution in [2.45, 2.75) is 32.9 Å². The smallest absolute Gasteiger partial charge is 0.237 e. The number of methoxy groups -OCH3 is 1. The molecule has 172 valence electrons. The molecule has 0 heterocycles. The first-order valence-corrected chi connectivity index (χ1v) is 10.4. The van der Waals surface area contributed by atoms with Gasteiger partial charge in [0.1, 0.15) is 5.75 Å². The first-order valence-electron chi connectivity index (χ1n) is 10.1. The van der Waals surface area contributed by atoms with Gasteiger partial charge in [0, 0.05) is 22.2 Å². The van der Waals surface area contributed by atoms with Gasteiger partial charge in [-0.2, -0.15) is 0 Å². The number of aldehydes is 1. The molecule has 2 aromatic carbocycles. The van der Waals surface area contributed by atoms with Crippen LogP contribution in [-0.2, 0) is 9.59 Å². The molecule has 2 aromatic rings. The van der Waals surface area contributed by atoms with Crippen LogP contribution in [0.4, 0.5) is 0 Å². The number of allylic oxidation sites excluding steroid dienone is 2. The lowest BCUT2D eigenvalue weighted by Crippen LogP contribution is -2.43. The molecule has 0 saturated carbocycles. The number of carbonyl (C=O) groups is 2. The van der Waals surface area contributed by atoms with Gasteiger partial charge in [-0.15, -0.1) is 0 Å². The van der Waals surface area contributed by atoms with Crippen molar-refractivity contribution < 1.29 is 14.3 Å². The maximum atomic E-state index is 11.1. The van der Waals surface area contributed by atoms with Gasteiger partial charge >= 0.3 is 0 Å². The van der Waals surface area contributed by atoms with E-state index in [0.717, 1.165) is 0 Å². The Bertz CT molecular complexity index is 956. The zero-order valence-corrected chi connectivity index (χ0v) is 19.8. The maximum Gasteiger partial charge on any atom is 0.237 e. The average molecular weight is 459 g/mol. The minimum Gasteiger partial charge on any atom is -0.497 e. The van der Waals surface area contributed by atoms with Crippen molar-refractivity contribution in [3.63, 3.8) is 0 Å². The highest BCUT2D eigenvalue weighted by atomic mass is 35.5. The number of likely N-dealkylation sites (N-methyl/N-ethyl adjacent to an activating group) is 1. The second kappa shape index (κ2) is 13.3. The molecule has 0 fully saturated rings. The summed E-state index contributed by atoms with van der Waals surface area (Å²) in [6.45, 7) is 5.72. The first-order chi connectivity index (χ1) is 15.1. The molecule has 1 unspecified atom stereocenters. The van der Waals surface area contributed by atoms with E-state index >= 15 is 0 Å². The Morgan fingerprint density at radius 3 is 2.22 bits per heavy atom. The molecular formula is C24H31ClN4O3. The van der Waals surface area contributed by atoms with E-state index in [4.69, 9.17) is 27.5 Å². The predicted octanol–water partition coefficient (Wildman–Crippen LogP) is 3.40. The molecule has 8 heteroatoms. The lowest BCUT2D eigenvalue weighted by molar-refractivity contribution is -0.123. The van der Waals surface area contributed by atoms with Gasteiger partial charge in [-0.3, -0.25) is 15.0 Å². The van der Waals surface area contributed by atoms with Crippen molar-refractivity contribution in [2.24, 2.45) is 5.73 Å². The summed E-state index contributed by atoms with van der Waals surface area (Å²) < 4.78 is 5.11. The number of halogens is 1. The monoisotopic (exact) mass is 458 g/mol. The lowest BCUT2D eigenvalue weighted by Gasteiger charge is -2.12. The summed E-state index contributed by atoms with van der Waals surface area (Å²) >= 11 is 5.96. The zero-order chi connectivity index (χ0) is 24.3. The molecule has 7 nitrogen and oxygen atoms in total. The fourth-order valence-electron chi connectivity index (χ4n) is 2.60. The largest absolute Gasteiger partial charge is 0.497 e. The van der Waals surface area contributed by atoms with Gasteiger partial charge < -0.3 is 21.1 Å². The van der Waals surface area contributed by atoms with E-state index in [9.17, 15) is 9.59 Å². The Kier molecular flexibility index (Phi) is 11.2. The summed E-state index contributed by atoms with van der Waals surface area (Å²) in [6, 6.07) is 14.0. The van der Waals surface area contributed by atoms with Crippen molar-refractivity contribution in [3.8, 4) is 5.75 Å². The number of rotatable bonds is 8. The fourth-order valence-corrected chi connectivity index (χ4v) is 2.79. The van der Waals surface area contributed by atoms with Crippen LogP contribution in [0.1, 0.15) is 31.9 Å². The van der Waals surface area contributed by atoms with Gasteiger partial charge in [0.25, 0.3) is 0 Å². The van der Waals surface area contributed by atoms with Gasteiger partial charge in [0.15, 0.2) is 6.29 Å². The van der Waals surface area contributed by atoms with Crippen molar-refractivity contribution in [2.75, 3.05) is 14.2 Å². The van der Waals surface area contributed by atoms with E-state index < -0.39 is 0 Å². The third kappa shape index (κ3) is 8.17. The Hall–Kier alpha value is -3.16. The number of amides is 1. The number of hydrogen-bond acceptors (Lipinski definition) is 6. The van der Waals surface area contributed by atoms with Gasteiger partial charge in [-0.1, -0.05) is 35.9 Å². The van der Waals surface area contributed by atoms with Crippen LogP contribution in [0.25, 0.3) is 5.57 Å². The standard InChI is InChI=1S/C17H15ClN2O2.C7H16N2O/c1-22-14-7-5-11(6-8-14)16(15(19)10-21)17(20)12-3-2-4-13(18)9-12;1-5(2)9-7(10)6(3)8-4/h2-10,20H,19H2,1H3;5-6,8H,1-4H3,(H,9,10)/b16-15-,20-17?;. The van der Waals surface area contributed by atoms with Crippen LogP contribution in [0.3, 0.4) is 0 Å². The normalized spacial score (nSPS) is 12.1. The molecule has 0 saturated heterocycles. The van der Waals surface area contributed by atoms with Crippen LogP contribution in [0.5, 0.6) is 5.75 Å². The number of nitrogens with one attached hydrogen (secondary N) is 3. The van der Waals surface area contributed by atoms with Crippen LogP contribution >= 0.6 is 11.6 Å². The van der Waals surface area contributed by atoms with E-state index in [1.54, 1.807) is 62.7 Å². The fraction of sp³-hybridized carbons (Fsp3) is 0.292. The van der Waals surface area contributed by atoms with E-state index in [1.807, 2.05) is 20.8 Å². The Morgan fingerprint density at radius 2 is 1.75 bits per heavy atom. The highest BCUT2D eigenvalue weighted by molar-refractivity contribution is 6.35. The van der Waals surface area contributed by atoms with Crippen molar-refractivity contribution in [3.05, 3.63) is 70.4 Å². The quantitative estimate of drug-likeness (QED) is 0.275. The highest BCUT2D eigenvalue weighted by Crippen LogP contribution is 2.24. The van der Waals surface area contributed by atoms with Crippen LogP contribution < -0.4 is 21.1 Å². The van der Waals surface area contributed by atoms with Crippen molar-refractivity contribution in [1.82, 2.24) is 10.6 Å². The molecule has 0 aliphatic heterocycles. The van der Waals surface area contributed by atoms with Crippen LogP contribution in [0.15, 0.2) is 54.2 Å². The average Bonchev–Trinajstić information content (AvgIpc) is 2.78. The predicted molar refractivity (Wildman–Crippen MR) is 130 cm³/mol. The molecule has 0 aliphatic rings. The number of carbonyl (C=O) groups excluding carboxylic acids is 2. The zero-order valence-electron chi connectivity index (χ0n) is 19.0. The Morgan fingerprint density at radius 1 is 1.12 bits per heavy atom. The SMILES string of the molecule is CNC(C)C(=O)NC(C)C.COc1ccc(/C(C(=N)c2cccc(Cl)c2)=C(/N)C=O)cc1. The molecule has 0 aliphatic carbocycles. The number of benzene rings is 2. The van der Waals surface area contributed by atoms with Gasteiger partial charge in [0.05, 0.1) is 24.6 Å². The molecule has 0 aromatic heterocycles. The third-order valence-corrected chi connectivity index (χ3v) is 4.65. The minimum absolute atomic E-state index is 0.00450. The summed E-state index contributed by atoms with van der Waals surface area (Å²) in [5.74, 6) is 0.736. The summed E-state index contributed by atoms with van der Waals surface area (Å²) in [5, 5.41) is 14.5. The van der Waals surface area contributed by atoms with E-state index in [2.05, 4.69) is 10.6 Å². The molecule has 1 atom stereocenters. The summed E-state index contributed by atoms with van der Waals surface area (Å²) in [6.07, 6.45) is 0.540. The summed E-state index contributed by atoms with van der Waals surface area (Å²) in [7, 11) is 3.34. The van der Waals surface area contributed by atoms with Crippen LogP contribution in [0, 0.1) is 5.41 Å². The van der Waals surface area contributed by atoms with Crippen LogP contribution in [-0.4, -0.2) is 44.1 Å². The molecule has 0 spiro atoms. The van der Waals surface area contributed by atoms with Gasteiger partial charge in [-0.05, 0) is 57.6 Å². The second-order valence-corrected chi connectivity index (χ2v) is 7.67. The Labute approximate surface area is 194 Å². The molecule has 5 N–H and O–H groups in total. The molecule has 0 radical (unpaired) electrons. The lowest BCUT2D eigenvalue weighted by atomic mass is 9.94. The number of nitrogens with two attached hydrogens (primary N) is 1. The van der Waals surface area contributed by atoms with E-state index in [0.29, 0.717) is 33.8 Å². The Balaban J connectivity index is 0.000000433. The minimum atomic E-state index is -0.0950. The van der Waals surface area contributed by atoms with Gasteiger partial charge in [0.2, 0.25) is 5.91 Å². The highest BCUT2D eigenvalue weighted by Gasteiger charge is 2.15. The molecule has 2 rings (SSSR count). The summed E-state index contributed by atoms with van der Waals surface area (Å²) in [4.78, 5) is 22.1. The van der Waals surface area contributed by atoms with E-state index in [1.165, 1.54) is 0 Å². The number of ether oxygens (including phenoxy) is 1. The number of hydrogen-bond donors (Lipinski definition) is 4. The van der Waals surface area contributed by atoms with E-state index in [-0.39, 0.29) is 29.4 Å². The van der Waals surface area contributed by atoms with Crippen LogP contribution in [0.2, 0.25) is 5.02 Å². The first kappa shape index (κ1) is 26.9. The molecular weight excluding hydrogens is 428 g/mol. The van der Waals surface area contributed by atoms with Crippen molar-refractivity contribution in [1.29, 1.82) is 5.41 Å². The summed E-state index contributed by atoms with van der Waals surface area (Å²) in [5.41, 5.74) is 7.54. The molecule has 32 heavy (non-hydrogen) atoms. The molecule has 0 bridgehead atoms. The third-order valence-electron chi connectivity index (χ3n) is 4.41. The maximum absolute atomic E-state index is 11.1. The van der Waals surface area contributed by atoms with Crippen molar-refractivity contribution >= 4 is 35.1 Å². The van der Waals surface area contributed by atoms with Gasteiger partial charge in [-0.25, -0.2) is 0 Å². The molecule has 1 amide bonds. The topological polar surface area (TPSA) is 117 Å². The second-order valence-electron chi connectivity index (χ2n) is 7.24.